The van der Waals surface area contributed by atoms with Crippen LogP contribution in [0.2, 0.25) is 0 Å². The van der Waals surface area contributed by atoms with Crippen molar-refractivity contribution in [1.29, 1.82) is 0 Å². The quantitative estimate of drug-likeness (QED) is 0.413. The molecule has 1 fully saturated rings. The van der Waals surface area contributed by atoms with Crippen molar-refractivity contribution in [1.82, 2.24) is 4.90 Å². The Labute approximate surface area is 177 Å². The van der Waals surface area contributed by atoms with Gasteiger partial charge in [-0.05, 0) is 29.8 Å². The number of rotatable bonds is 5. The van der Waals surface area contributed by atoms with Crippen molar-refractivity contribution in [2.45, 2.75) is 0 Å². The van der Waals surface area contributed by atoms with Gasteiger partial charge in [-0.2, -0.15) is 0 Å². The lowest BCUT2D eigenvalue weighted by atomic mass is 10.0. The van der Waals surface area contributed by atoms with Gasteiger partial charge in [-0.1, -0.05) is 78.9 Å². The standard InChI is InChI=1S/C25H24N2OS/c29-25(27(22-12-6-2-7-13-22)23-14-8-3-9-15-23)24(21-10-4-1-5-11-21)20-26-16-18-28-19-17-26/h1-15,20H,16-19H2/b24-20+. The number of para-hydroxylation sites is 2. The molecule has 0 aromatic heterocycles. The van der Waals surface area contributed by atoms with Crippen molar-refractivity contribution in [2.75, 3.05) is 31.2 Å². The SMILES string of the molecule is S=C(/C(=C/N1CCOCC1)c1ccccc1)N(c1ccccc1)c1ccccc1. The molecule has 0 unspecified atom stereocenters. The maximum Gasteiger partial charge on any atom is 0.120 e. The Morgan fingerprint density at radius 2 is 1.24 bits per heavy atom. The molecule has 0 N–H and O–H groups in total. The summed E-state index contributed by atoms with van der Waals surface area (Å²) >= 11 is 6.11. The Balaban J connectivity index is 1.79. The Morgan fingerprint density at radius 1 is 0.759 bits per heavy atom. The number of hydrogen-bond acceptors (Lipinski definition) is 3. The van der Waals surface area contributed by atoms with Crippen LogP contribution < -0.4 is 4.90 Å². The van der Waals surface area contributed by atoms with Crippen molar-refractivity contribution in [3.05, 3.63) is 103 Å². The second-order valence-electron chi connectivity index (χ2n) is 6.87. The van der Waals surface area contributed by atoms with Crippen LogP contribution in [-0.2, 0) is 4.74 Å². The van der Waals surface area contributed by atoms with Gasteiger partial charge in [0.1, 0.15) is 4.99 Å². The first kappa shape index (κ1) is 19.4. The van der Waals surface area contributed by atoms with Gasteiger partial charge in [-0.25, -0.2) is 0 Å². The molecule has 4 heteroatoms. The zero-order valence-electron chi connectivity index (χ0n) is 16.3. The summed E-state index contributed by atoms with van der Waals surface area (Å²) in [5.41, 5.74) is 4.25. The predicted molar refractivity (Wildman–Crippen MR) is 124 cm³/mol. The Hall–Kier alpha value is -2.95. The highest BCUT2D eigenvalue weighted by Gasteiger charge is 2.20. The zero-order chi connectivity index (χ0) is 19.9. The molecular formula is C25H24N2OS. The third-order valence-electron chi connectivity index (χ3n) is 4.90. The molecule has 1 saturated heterocycles. The summed E-state index contributed by atoms with van der Waals surface area (Å²) in [6.45, 7) is 3.23. The fraction of sp³-hybridized carbons (Fsp3) is 0.160. The van der Waals surface area contributed by atoms with Crippen LogP contribution >= 0.6 is 12.2 Å². The Kier molecular flexibility index (Phi) is 6.35. The van der Waals surface area contributed by atoms with Crippen molar-refractivity contribution in [3.8, 4) is 0 Å². The Morgan fingerprint density at radius 3 is 1.76 bits per heavy atom. The lowest BCUT2D eigenvalue weighted by Crippen LogP contribution is -2.33. The average molecular weight is 401 g/mol. The predicted octanol–water partition coefficient (Wildman–Crippen LogP) is 5.53. The third kappa shape index (κ3) is 4.73. The van der Waals surface area contributed by atoms with Gasteiger partial charge >= 0.3 is 0 Å². The van der Waals surface area contributed by atoms with E-state index in [-0.39, 0.29) is 0 Å². The molecule has 29 heavy (non-hydrogen) atoms. The monoisotopic (exact) mass is 400 g/mol. The van der Waals surface area contributed by atoms with Gasteiger partial charge in [-0.3, -0.25) is 0 Å². The van der Waals surface area contributed by atoms with Crippen LogP contribution in [0.5, 0.6) is 0 Å². The summed E-state index contributed by atoms with van der Waals surface area (Å²) < 4.78 is 5.52. The van der Waals surface area contributed by atoms with Crippen LogP contribution in [-0.4, -0.2) is 36.2 Å². The number of anilines is 2. The van der Waals surface area contributed by atoms with E-state index in [0.717, 1.165) is 53.8 Å². The molecule has 0 aliphatic carbocycles. The van der Waals surface area contributed by atoms with Crippen molar-refractivity contribution in [3.63, 3.8) is 0 Å². The number of ether oxygens (including phenoxy) is 1. The first-order chi connectivity index (χ1) is 14.3. The number of morpholine rings is 1. The van der Waals surface area contributed by atoms with E-state index in [2.05, 4.69) is 64.5 Å². The van der Waals surface area contributed by atoms with E-state index in [0.29, 0.717) is 0 Å². The maximum absolute atomic E-state index is 6.11. The molecule has 3 aromatic carbocycles. The second-order valence-corrected chi connectivity index (χ2v) is 7.26. The minimum atomic E-state index is 0.742. The molecule has 0 radical (unpaired) electrons. The highest BCUT2D eigenvalue weighted by atomic mass is 32.1. The molecule has 1 aliphatic heterocycles. The van der Waals surface area contributed by atoms with Gasteiger partial charge in [0.05, 0.1) is 13.2 Å². The summed E-state index contributed by atoms with van der Waals surface area (Å²) in [7, 11) is 0. The zero-order valence-corrected chi connectivity index (χ0v) is 17.1. The van der Waals surface area contributed by atoms with Gasteiger partial charge < -0.3 is 14.5 Å². The van der Waals surface area contributed by atoms with E-state index in [4.69, 9.17) is 17.0 Å². The van der Waals surface area contributed by atoms with E-state index < -0.39 is 0 Å². The third-order valence-corrected chi connectivity index (χ3v) is 5.31. The van der Waals surface area contributed by atoms with Crippen molar-refractivity contribution in [2.24, 2.45) is 0 Å². The molecule has 3 aromatic rings. The van der Waals surface area contributed by atoms with Crippen LogP contribution in [0, 0.1) is 0 Å². The lowest BCUT2D eigenvalue weighted by molar-refractivity contribution is 0.0597. The van der Waals surface area contributed by atoms with Crippen LogP contribution in [0.3, 0.4) is 0 Å². The van der Waals surface area contributed by atoms with E-state index in [1.807, 2.05) is 42.5 Å². The van der Waals surface area contributed by atoms with E-state index in [9.17, 15) is 0 Å². The van der Waals surface area contributed by atoms with Gasteiger partial charge in [0.2, 0.25) is 0 Å². The smallest absolute Gasteiger partial charge is 0.120 e. The fourth-order valence-corrected chi connectivity index (χ4v) is 3.80. The summed E-state index contributed by atoms with van der Waals surface area (Å²) in [4.78, 5) is 5.22. The average Bonchev–Trinajstić information content (AvgIpc) is 2.80. The molecule has 3 nitrogen and oxygen atoms in total. The summed E-state index contributed by atoms with van der Waals surface area (Å²) in [6.07, 6.45) is 2.19. The molecule has 146 valence electrons. The number of benzene rings is 3. The van der Waals surface area contributed by atoms with Gasteiger partial charge in [0.25, 0.3) is 0 Å². The molecular weight excluding hydrogens is 376 g/mol. The van der Waals surface area contributed by atoms with Crippen LogP contribution in [0.25, 0.3) is 5.57 Å². The molecule has 0 spiro atoms. The molecule has 1 aliphatic rings. The van der Waals surface area contributed by atoms with Crippen molar-refractivity contribution >= 4 is 34.2 Å². The number of hydrogen-bond donors (Lipinski definition) is 0. The molecule has 0 bridgehead atoms. The summed E-state index contributed by atoms with van der Waals surface area (Å²) in [5, 5.41) is 0. The normalized spacial score (nSPS) is 14.5. The molecule has 0 atom stereocenters. The lowest BCUT2D eigenvalue weighted by Gasteiger charge is -2.30. The highest BCUT2D eigenvalue weighted by Crippen LogP contribution is 2.31. The highest BCUT2D eigenvalue weighted by molar-refractivity contribution is 7.81. The number of thiocarbonyl (C=S) groups is 1. The molecule has 0 saturated carbocycles. The minimum absolute atomic E-state index is 0.742. The first-order valence-electron chi connectivity index (χ1n) is 9.86. The topological polar surface area (TPSA) is 15.7 Å². The molecule has 4 rings (SSSR count). The second kappa shape index (κ2) is 9.50. The molecule has 0 amide bonds. The maximum atomic E-state index is 6.11. The Bertz CT molecular complexity index is 912. The minimum Gasteiger partial charge on any atom is -0.378 e. The van der Waals surface area contributed by atoms with Gasteiger partial charge in [0.15, 0.2) is 0 Å². The fourth-order valence-electron chi connectivity index (χ4n) is 3.42. The largest absolute Gasteiger partial charge is 0.378 e. The summed E-state index contributed by atoms with van der Waals surface area (Å²) in [5.74, 6) is 0. The van der Waals surface area contributed by atoms with E-state index >= 15 is 0 Å². The van der Waals surface area contributed by atoms with Gasteiger partial charge in [0, 0.05) is 36.2 Å². The molecule has 1 heterocycles. The van der Waals surface area contributed by atoms with E-state index in [1.54, 1.807) is 0 Å². The van der Waals surface area contributed by atoms with Crippen LogP contribution in [0.15, 0.2) is 97.2 Å². The van der Waals surface area contributed by atoms with Gasteiger partial charge in [-0.15, -0.1) is 0 Å². The van der Waals surface area contributed by atoms with Crippen LogP contribution in [0.1, 0.15) is 5.56 Å². The number of nitrogens with zero attached hydrogens (tertiary/aromatic N) is 2. The summed E-state index contributed by atoms with van der Waals surface area (Å²) in [6, 6.07) is 31.0. The van der Waals surface area contributed by atoms with Crippen molar-refractivity contribution < 1.29 is 4.74 Å². The first-order valence-corrected chi connectivity index (χ1v) is 10.3. The van der Waals surface area contributed by atoms with Crippen LogP contribution in [0.4, 0.5) is 11.4 Å². The van der Waals surface area contributed by atoms with E-state index in [1.165, 1.54) is 0 Å².